The number of benzene rings is 2. The number of H-pyrrole nitrogens is 1. The Kier molecular flexibility index (Phi) is 4.82. The van der Waals surface area contributed by atoms with Crippen LogP contribution in [0.4, 0.5) is 5.69 Å². The summed E-state index contributed by atoms with van der Waals surface area (Å²) in [5.41, 5.74) is 7.25. The van der Waals surface area contributed by atoms with E-state index < -0.39 is 22.9 Å². The monoisotopic (exact) mass is 457 g/mol. The number of esters is 1. The minimum absolute atomic E-state index is 0.0107. The normalized spacial score (nSPS) is 18.6. The third-order valence-electron chi connectivity index (χ3n) is 6.36. The van der Waals surface area contributed by atoms with Crippen LogP contribution in [0.15, 0.2) is 70.8 Å². The van der Waals surface area contributed by atoms with Crippen molar-refractivity contribution in [3.05, 3.63) is 104 Å². The van der Waals surface area contributed by atoms with Crippen LogP contribution in [0.5, 0.6) is 5.75 Å². The number of amides is 1. The zero-order valence-electron chi connectivity index (χ0n) is 19.0. The summed E-state index contributed by atoms with van der Waals surface area (Å²) in [4.78, 5) is 45.1. The number of nitrogens with one attached hydrogen (secondary N) is 1. The van der Waals surface area contributed by atoms with Gasteiger partial charge in [0.05, 0.1) is 19.2 Å². The number of hydrogen-bond acceptors (Lipinski definition) is 6. The van der Waals surface area contributed by atoms with E-state index in [2.05, 4.69) is 4.98 Å². The van der Waals surface area contributed by atoms with Crippen LogP contribution in [0.2, 0.25) is 0 Å². The average Bonchev–Trinajstić information content (AvgIpc) is 3.03. The van der Waals surface area contributed by atoms with Crippen molar-refractivity contribution >= 4 is 17.6 Å². The molecule has 3 heterocycles. The first-order chi connectivity index (χ1) is 16.3. The molecule has 3 N–H and O–H groups in total. The molecule has 1 atom stereocenters. The van der Waals surface area contributed by atoms with Crippen LogP contribution in [0.25, 0.3) is 0 Å². The number of aromatic nitrogens is 1. The second-order valence-corrected chi connectivity index (χ2v) is 8.50. The lowest BCUT2D eigenvalue weighted by atomic mass is 9.68. The molecular formula is C26H23N3O5. The van der Waals surface area contributed by atoms with Crippen LogP contribution >= 0.6 is 0 Å². The summed E-state index contributed by atoms with van der Waals surface area (Å²) in [5.74, 6) is -1.46. The molecule has 172 valence electrons. The molecule has 2 aromatic carbocycles. The van der Waals surface area contributed by atoms with E-state index in [1.54, 1.807) is 42.2 Å². The Morgan fingerprint density at radius 2 is 1.82 bits per heavy atom. The predicted molar refractivity (Wildman–Crippen MR) is 125 cm³/mol. The summed E-state index contributed by atoms with van der Waals surface area (Å²) in [6, 6.07) is 16.5. The van der Waals surface area contributed by atoms with E-state index in [0.717, 1.165) is 11.1 Å². The van der Waals surface area contributed by atoms with Gasteiger partial charge in [-0.25, -0.2) is 4.79 Å². The fourth-order valence-electron chi connectivity index (χ4n) is 4.90. The van der Waals surface area contributed by atoms with Gasteiger partial charge in [-0.2, -0.15) is 0 Å². The van der Waals surface area contributed by atoms with Gasteiger partial charge in [0.1, 0.15) is 16.7 Å². The summed E-state index contributed by atoms with van der Waals surface area (Å²) < 4.78 is 10.7. The van der Waals surface area contributed by atoms with Gasteiger partial charge in [0.15, 0.2) is 0 Å². The molecule has 0 fully saturated rings. The number of fused-ring (bicyclic) bond motifs is 4. The van der Waals surface area contributed by atoms with E-state index in [1.165, 1.54) is 7.11 Å². The highest BCUT2D eigenvalue weighted by Crippen LogP contribution is 2.54. The van der Waals surface area contributed by atoms with Crippen molar-refractivity contribution in [2.75, 3.05) is 12.0 Å². The second kappa shape index (κ2) is 7.62. The van der Waals surface area contributed by atoms with Gasteiger partial charge in [-0.3, -0.25) is 9.59 Å². The Bertz CT molecular complexity index is 1440. The molecule has 5 rings (SSSR count). The number of carbonyl (C=O) groups excluding carboxylic acids is 2. The predicted octanol–water partition coefficient (Wildman–Crippen LogP) is 2.56. The fraction of sp³-hybridized carbons (Fsp3) is 0.192. The Morgan fingerprint density at radius 3 is 2.53 bits per heavy atom. The lowest BCUT2D eigenvalue weighted by Gasteiger charge is -2.35. The van der Waals surface area contributed by atoms with Crippen molar-refractivity contribution in [3.63, 3.8) is 0 Å². The summed E-state index contributed by atoms with van der Waals surface area (Å²) in [6.07, 6.45) is 0. The first-order valence-electron chi connectivity index (χ1n) is 10.8. The number of aromatic amines is 1. The Morgan fingerprint density at radius 1 is 1.12 bits per heavy atom. The highest BCUT2D eigenvalue weighted by Gasteiger charge is 2.62. The molecule has 34 heavy (non-hydrogen) atoms. The number of rotatable bonds is 3. The van der Waals surface area contributed by atoms with Crippen LogP contribution in [-0.2, 0) is 26.3 Å². The molecule has 3 aromatic rings. The number of pyridine rings is 1. The van der Waals surface area contributed by atoms with Crippen LogP contribution in [0.3, 0.4) is 0 Å². The molecule has 2 aliphatic heterocycles. The number of nitrogens with zero attached hydrogens (tertiary/aromatic N) is 1. The Labute approximate surface area is 195 Å². The van der Waals surface area contributed by atoms with Gasteiger partial charge in [-0.05, 0) is 25.5 Å². The molecule has 0 aliphatic carbocycles. The van der Waals surface area contributed by atoms with Gasteiger partial charge in [-0.1, -0.05) is 48.0 Å². The van der Waals surface area contributed by atoms with E-state index in [9.17, 15) is 14.4 Å². The quantitative estimate of drug-likeness (QED) is 0.584. The average molecular weight is 457 g/mol. The van der Waals surface area contributed by atoms with E-state index >= 15 is 0 Å². The van der Waals surface area contributed by atoms with E-state index in [1.807, 2.05) is 31.2 Å². The van der Waals surface area contributed by atoms with Crippen molar-refractivity contribution in [3.8, 4) is 5.75 Å². The molecule has 0 saturated carbocycles. The molecule has 8 heteroatoms. The third kappa shape index (κ3) is 2.88. The maximum Gasteiger partial charge on any atom is 0.340 e. The number of methoxy groups -OCH3 is 1. The van der Waals surface area contributed by atoms with Gasteiger partial charge in [-0.15, -0.1) is 0 Å². The van der Waals surface area contributed by atoms with Crippen LogP contribution in [0, 0.1) is 13.8 Å². The van der Waals surface area contributed by atoms with Gasteiger partial charge >= 0.3 is 5.97 Å². The summed E-state index contributed by atoms with van der Waals surface area (Å²) >= 11 is 0. The van der Waals surface area contributed by atoms with E-state index in [4.69, 9.17) is 15.2 Å². The van der Waals surface area contributed by atoms with E-state index in [0.29, 0.717) is 16.9 Å². The number of para-hydroxylation sites is 1. The van der Waals surface area contributed by atoms with Crippen molar-refractivity contribution in [2.45, 2.75) is 25.8 Å². The number of anilines is 1. The Hall–Kier alpha value is -4.33. The molecular weight excluding hydrogens is 434 g/mol. The third-order valence-corrected chi connectivity index (χ3v) is 6.36. The lowest BCUT2D eigenvalue weighted by Crippen LogP contribution is -2.51. The smallest absolute Gasteiger partial charge is 0.340 e. The molecule has 1 aromatic heterocycles. The van der Waals surface area contributed by atoms with Crippen LogP contribution < -0.4 is 20.9 Å². The van der Waals surface area contributed by atoms with Crippen molar-refractivity contribution < 1.29 is 19.1 Å². The topological polar surface area (TPSA) is 115 Å². The molecule has 2 aliphatic rings. The van der Waals surface area contributed by atoms with Crippen molar-refractivity contribution in [2.24, 2.45) is 5.73 Å². The Balaban J connectivity index is 1.83. The number of nitrogens with two attached hydrogens (primary N) is 1. The minimum Gasteiger partial charge on any atom is -0.465 e. The fourth-order valence-corrected chi connectivity index (χ4v) is 4.90. The highest BCUT2D eigenvalue weighted by molar-refractivity contribution is 6.18. The standard InChI is InChI=1S/C26H23N3O5/c1-14-8-10-16(11-9-14)13-29-18-7-5-4-6-17(18)26(25(29)32)20-19(12-15(2)28-23(20)30)34-22(27)21(26)24(31)33-3/h4-12H,13,27H2,1-3H3,(H,28,30). The van der Waals surface area contributed by atoms with Gasteiger partial charge in [0, 0.05) is 23.0 Å². The summed E-state index contributed by atoms with van der Waals surface area (Å²) in [6.45, 7) is 3.92. The summed E-state index contributed by atoms with van der Waals surface area (Å²) in [7, 11) is 1.20. The second-order valence-electron chi connectivity index (χ2n) is 8.50. The summed E-state index contributed by atoms with van der Waals surface area (Å²) in [5, 5.41) is 0. The lowest BCUT2D eigenvalue weighted by molar-refractivity contribution is -0.138. The molecule has 0 bridgehead atoms. The minimum atomic E-state index is -1.81. The zero-order valence-corrected chi connectivity index (χ0v) is 19.0. The maximum atomic E-state index is 14.4. The van der Waals surface area contributed by atoms with E-state index in [-0.39, 0.29) is 29.3 Å². The van der Waals surface area contributed by atoms with Crippen LogP contribution in [0.1, 0.15) is 27.9 Å². The molecule has 0 radical (unpaired) electrons. The molecule has 0 saturated heterocycles. The zero-order chi connectivity index (χ0) is 24.2. The molecule has 1 amide bonds. The largest absolute Gasteiger partial charge is 0.465 e. The van der Waals surface area contributed by atoms with Gasteiger partial charge in [0.2, 0.25) is 11.8 Å². The maximum absolute atomic E-state index is 14.4. The van der Waals surface area contributed by atoms with Gasteiger partial charge in [0.25, 0.3) is 5.56 Å². The number of aryl methyl sites for hydroxylation is 2. The van der Waals surface area contributed by atoms with Gasteiger partial charge < -0.3 is 25.1 Å². The first kappa shape index (κ1) is 21.5. The number of hydrogen-bond donors (Lipinski definition) is 2. The SMILES string of the molecule is COC(=O)C1=C(N)Oc2cc(C)[nH]c(=O)c2C12C(=O)N(Cc1ccc(C)cc1)c1ccccc12. The van der Waals surface area contributed by atoms with Crippen molar-refractivity contribution in [1.29, 1.82) is 0 Å². The number of carbonyl (C=O) groups is 2. The highest BCUT2D eigenvalue weighted by atomic mass is 16.5. The van der Waals surface area contributed by atoms with Crippen molar-refractivity contribution in [1.82, 2.24) is 4.98 Å². The van der Waals surface area contributed by atoms with Crippen LogP contribution in [-0.4, -0.2) is 24.0 Å². The number of ether oxygens (including phenoxy) is 2. The molecule has 8 nitrogen and oxygen atoms in total. The first-order valence-corrected chi connectivity index (χ1v) is 10.8. The molecule has 1 unspecified atom stereocenters. The molecule has 1 spiro atoms.